The number of hydrogen-bond donors (Lipinski definition) is 4. The lowest BCUT2D eigenvalue weighted by atomic mass is 10.0. The highest BCUT2D eigenvalue weighted by Gasteiger charge is 2.15. The zero-order valence-electron chi connectivity index (χ0n) is 15.8. The number of H-pyrrole nitrogens is 1. The Balaban J connectivity index is 1.61. The van der Waals surface area contributed by atoms with E-state index in [9.17, 15) is 9.59 Å². The molecule has 1 aromatic heterocycles. The number of aromatic amines is 1. The molecule has 0 radical (unpaired) electrons. The number of benzene rings is 2. The highest BCUT2D eigenvalue weighted by Crippen LogP contribution is 2.21. The molecule has 0 spiro atoms. The van der Waals surface area contributed by atoms with Crippen LogP contribution < -0.4 is 16.4 Å². The maximum atomic E-state index is 12.5. The van der Waals surface area contributed by atoms with Crippen molar-refractivity contribution in [3.05, 3.63) is 69.2 Å². The molecule has 0 saturated carbocycles. The maximum Gasteiger partial charge on any atom is 0.259 e. The summed E-state index contributed by atoms with van der Waals surface area (Å²) in [6, 6.07) is 14.9. The molecule has 1 unspecified atom stereocenters. The Morgan fingerprint density at radius 2 is 1.97 bits per heavy atom. The number of nitrogens with one attached hydrogen (secondary N) is 3. The monoisotopic (exact) mass is 427 g/mol. The Hall–Kier alpha value is -3.04. The SMILES string of the molecule is CC(NC(=O)CCc1cccc(C(=O)Nc2n[nH]c(=S)s2)c1N)c1ccccc1. The van der Waals surface area contributed by atoms with Gasteiger partial charge in [0.2, 0.25) is 11.0 Å². The van der Waals surface area contributed by atoms with Crippen molar-refractivity contribution in [1.29, 1.82) is 0 Å². The first-order chi connectivity index (χ1) is 13.9. The summed E-state index contributed by atoms with van der Waals surface area (Å²) in [5.74, 6) is -0.448. The van der Waals surface area contributed by atoms with Gasteiger partial charge in [0.25, 0.3) is 5.91 Å². The Morgan fingerprint density at radius 1 is 1.21 bits per heavy atom. The summed E-state index contributed by atoms with van der Waals surface area (Å²) in [4.78, 5) is 24.8. The molecule has 2 amide bonds. The third-order valence-corrected chi connectivity index (χ3v) is 5.40. The average Bonchev–Trinajstić information content (AvgIpc) is 3.12. The third kappa shape index (κ3) is 5.49. The minimum atomic E-state index is -0.371. The summed E-state index contributed by atoms with van der Waals surface area (Å²) in [5, 5.41) is 12.5. The molecule has 0 saturated heterocycles. The van der Waals surface area contributed by atoms with Gasteiger partial charge in [-0.05, 0) is 42.8 Å². The van der Waals surface area contributed by atoms with Gasteiger partial charge >= 0.3 is 0 Å². The number of hydrogen-bond acceptors (Lipinski definition) is 6. The number of aromatic nitrogens is 2. The molecule has 0 aliphatic carbocycles. The lowest BCUT2D eigenvalue weighted by Gasteiger charge is -2.15. The molecule has 0 aliphatic rings. The number of rotatable bonds is 7. The zero-order valence-corrected chi connectivity index (χ0v) is 17.4. The second-order valence-corrected chi connectivity index (χ2v) is 8.12. The average molecular weight is 428 g/mol. The van der Waals surface area contributed by atoms with Crippen LogP contribution in [0.3, 0.4) is 0 Å². The van der Waals surface area contributed by atoms with E-state index < -0.39 is 0 Å². The summed E-state index contributed by atoms with van der Waals surface area (Å²) in [6.45, 7) is 1.94. The summed E-state index contributed by atoms with van der Waals surface area (Å²) in [6.07, 6.45) is 0.703. The summed E-state index contributed by atoms with van der Waals surface area (Å²) >= 11 is 6.12. The molecule has 0 fully saturated rings. The molecule has 3 aromatic rings. The quantitative estimate of drug-likeness (QED) is 0.338. The Kier molecular flexibility index (Phi) is 6.73. The molecule has 0 aliphatic heterocycles. The van der Waals surface area contributed by atoms with E-state index >= 15 is 0 Å². The van der Waals surface area contributed by atoms with Gasteiger partial charge < -0.3 is 11.1 Å². The summed E-state index contributed by atoms with van der Waals surface area (Å²) in [5.41, 5.74) is 8.66. The van der Waals surface area contributed by atoms with Crippen molar-refractivity contribution in [2.45, 2.75) is 25.8 Å². The Labute approximate surface area is 177 Å². The van der Waals surface area contributed by atoms with Crippen LogP contribution in [0.5, 0.6) is 0 Å². The van der Waals surface area contributed by atoms with Crippen LogP contribution in [0, 0.1) is 3.95 Å². The van der Waals surface area contributed by atoms with E-state index in [4.69, 9.17) is 18.0 Å². The van der Waals surface area contributed by atoms with E-state index in [1.807, 2.05) is 43.3 Å². The third-order valence-electron chi connectivity index (χ3n) is 4.40. The topological polar surface area (TPSA) is 113 Å². The largest absolute Gasteiger partial charge is 0.398 e. The van der Waals surface area contributed by atoms with Crippen molar-refractivity contribution >= 4 is 46.2 Å². The molecule has 7 nitrogen and oxygen atoms in total. The van der Waals surface area contributed by atoms with E-state index in [0.29, 0.717) is 26.8 Å². The second-order valence-electron chi connectivity index (χ2n) is 6.45. The van der Waals surface area contributed by atoms with E-state index in [-0.39, 0.29) is 24.3 Å². The van der Waals surface area contributed by atoms with Crippen LogP contribution in [0.25, 0.3) is 0 Å². The van der Waals surface area contributed by atoms with Gasteiger partial charge in [0.15, 0.2) is 3.95 Å². The highest BCUT2D eigenvalue weighted by atomic mass is 32.1. The molecule has 1 atom stereocenters. The van der Waals surface area contributed by atoms with Gasteiger partial charge in [-0.25, -0.2) is 0 Å². The molecular formula is C20H21N5O2S2. The zero-order chi connectivity index (χ0) is 20.8. The number of anilines is 2. The lowest BCUT2D eigenvalue weighted by molar-refractivity contribution is -0.121. The number of aryl methyl sites for hydroxylation is 1. The van der Waals surface area contributed by atoms with E-state index in [0.717, 1.165) is 22.5 Å². The van der Waals surface area contributed by atoms with Crippen LogP contribution in [0.4, 0.5) is 10.8 Å². The smallest absolute Gasteiger partial charge is 0.259 e. The van der Waals surface area contributed by atoms with E-state index in [2.05, 4.69) is 20.8 Å². The first-order valence-corrected chi connectivity index (χ1v) is 10.2. The van der Waals surface area contributed by atoms with Crippen LogP contribution in [-0.4, -0.2) is 22.0 Å². The number of carbonyl (C=O) groups excluding carboxylic acids is 2. The first-order valence-electron chi connectivity index (χ1n) is 9.02. The van der Waals surface area contributed by atoms with Crippen molar-refractivity contribution in [1.82, 2.24) is 15.5 Å². The molecule has 2 aromatic carbocycles. The van der Waals surface area contributed by atoms with Gasteiger partial charge in [0, 0.05) is 12.1 Å². The standard InChI is InChI=1S/C20H21N5O2S2/c1-12(13-6-3-2-4-7-13)22-16(26)11-10-14-8-5-9-15(17(14)21)18(27)23-19-24-25-20(28)29-19/h2-9,12H,10-11,21H2,1H3,(H,22,26)(H,25,28)(H,23,24,27). The maximum absolute atomic E-state index is 12.5. The van der Waals surface area contributed by atoms with Crippen molar-refractivity contribution in [2.24, 2.45) is 0 Å². The molecule has 5 N–H and O–H groups in total. The fourth-order valence-electron chi connectivity index (χ4n) is 2.86. The van der Waals surface area contributed by atoms with Gasteiger partial charge in [0.05, 0.1) is 11.6 Å². The predicted octanol–water partition coefficient (Wildman–Crippen LogP) is 3.85. The predicted molar refractivity (Wildman–Crippen MR) is 117 cm³/mol. The number of nitrogen functional groups attached to an aromatic ring is 1. The minimum Gasteiger partial charge on any atom is -0.398 e. The molecular weight excluding hydrogens is 406 g/mol. The highest BCUT2D eigenvalue weighted by molar-refractivity contribution is 7.73. The summed E-state index contributed by atoms with van der Waals surface area (Å²) < 4.78 is 0.470. The van der Waals surface area contributed by atoms with Crippen molar-refractivity contribution in [3.63, 3.8) is 0 Å². The fourth-order valence-corrected chi connectivity index (χ4v) is 3.65. The van der Waals surface area contributed by atoms with Gasteiger partial charge in [-0.1, -0.05) is 53.8 Å². The molecule has 0 bridgehead atoms. The van der Waals surface area contributed by atoms with Gasteiger partial charge in [-0.2, -0.15) is 0 Å². The Morgan fingerprint density at radius 3 is 2.66 bits per heavy atom. The van der Waals surface area contributed by atoms with Gasteiger partial charge in [-0.3, -0.25) is 20.0 Å². The van der Waals surface area contributed by atoms with Crippen molar-refractivity contribution in [3.8, 4) is 0 Å². The number of amides is 2. The minimum absolute atomic E-state index is 0.0769. The van der Waals surface area contributed by atoms with Crippen LogP contribution in [-0.2, 0) is 11.2 Å². The van der Waals surface area contributed by atoms with E-state index in [1.54, 1.807) is 12.1 Å². The second kappa shape index (κ2) is 9.44. The van der Waals surface area contributed by atoms with Crippen LogP contribution >= 0.6 is 23.6 Å². The van der Waals surface area contributed by atoms with Crippen LogP contribution in [0.2, 0.25) is 0 Å². The number of nitrogens with two attached hydrogens (primary N) is 1. The fraction of sp³-hybridized carbons (Fsp3) is 0.200. The van der Waals surface area contributed by atoms with Crippen LogP contribution in [0.15, 0.2) is 48.5 Å². The van der Waals surface area contributed by atoms with Gasteiger partial charge in [0.1, 0.15) is 0 Å². The van der Waals surface area contributed by atoms with Gasteiger partial charge in [-0.15, -0.1) is 5.10 Å². The molecule has 29 heavy (non-hydrogen) atoms. The summed E-state index contributed by atoms with van der Waals surface area (Å²) in [7, 11) is 0. The van der Waals surface area contributed by atoms with Crippen LogP contribution in [0.1, 0.15) is 40.9 Å². The van der Waals surface area contributed by atoms with Crippen molar-refractivity contribution < 1.29 is 9.59 Å². The first kappa shape index (κ1) is 20.7. The molecule has 1 heterocycles. The Bertz CT molecular complexity index is 1060. The molecule has 9 heteroatoms. The lowest BCUT2D eigenvalue weighted by Crippen LogP contribution is -2.26. The number of nitrogens with zero attached hydrogens (tertiary/aromatic N) is 1. The molecule has 3 rings (SSSR count). The molecule has 150 valence electrons. The van der Waals surface area contributed by atoms with E-state index in [1.165, 1.54) is 0 Å². The normalized spacial score (nSPS) is 11.6. The number of para-hydroxylation sites is 1. The van der Waals surface area contributed by atoms with Crippen molar-refractivity contribution in [2.75, 3.05) is 11.1 Å². The number of carbonyl (C=O) groups is 2.